The van der Waals surface area contributed by atoms with Gasteiger partial charge in [0.25, 0.3) is 0 Å². The van der Waals surface area contributed by atoms with E-state index in [0.29, 0.717) is 5.92 Å². The number of aliphatic hydroxyl groups excluding tert-OH is 1. The van der Waals surface area contributed by atoms with Crippen molar-refractivity contribution in [3.63, 3.8) is 0 Å². The topological polar surface area (TPSA) is 20.2 Å². The van der Waals surface area contributed by atoms with Crippen LogP contribution in [0.2, 0.25) is 0 Å². The van der Waals surface area contributed by atoms with Crippen LogP contribution in [0.4, 0.5) is 0 Å². The first-order valence-electron chi connectivity index (χ1n) is 4.69. The summed E-state index contributed by atoms with van der Waals surface area (Å²) in [6, 6.07) is 0. The lowest BCUT2D eigenvalue weighted by atomic mass is 9.98. The third-order valence-electron chi connectivity index (χ3n) is 2.12. The molecule has 0 saturated carbocycles. The van der Waals surface area contributed by atoms with Crippen LogP contribution in [-0.2, 0) is 0 Å². The molecule has 1 nitrogen and oxygen atoms in total. The molecular formula is C11H20O. The molecule has 0 rings (SSSR count). The summed E-state index contributed by atoms with van der Waals surface area (Å²) in [6.07, 6.45) is 7.21. The number of allylic oxidation sites excluding steroid dienone is 2. The summed E-state index contributed by atoms with van der Waals surface area (Å²) in [6.45, 7) is 8.15. The number of hydrogen-bond acceptors (Lipinski definition) is 1. The van der Waals surface area contributed by atoms with E-state index in [2.05, 4.69) is 26.5 Å². The van der Waals surface area contributed by atoms with Gasteiger partial charge >= 0.3 is 0 Å². The van der Waals surface area contributed by atoms with E-state index in [0.717, 1.165) is 24.8 Å². The Kier molecular flexibility index (Phi) is 6.78. The highest BCUT2D eigenvalue weighted by Crippen LogP contribution is 2.14. The molecular weight excluding hydrogens is 148 g/mol. The molecule has 0 aromatic heterocycles. The fourth-order valence-corrected chi connectivity index (χ4v) is 1.18. The van der Waals surface area contributed by atoms with Crippen molar-refractivity contribution < 1.29 is 5.11 Å². The minimum Gasteiger partial charge on any atom is -0.392 e. The van der Waals surface area contributed by atoms with Crippen molar-refractivity contribution in [2.24, 2.45) is 5.92 Å². The summed E-state index contributed by atoms with van der Waals surface area (Å²) in [5, 5.41) is 8.94. The molecule has 0 aromatic carbocycles. The van der Waals surface area contributed by atoms with Gasteiger partial charge in [-0.3, -0.25) is 0 Å². The summed E-state index contributed by atoms with van der Waals surface area (Å²) in [5.74, 6) is 0.560. The molecule has 12 heavy (non-hydrogen) atoms. The minimum atomic E-state index is 0.199. The Morgan fingerprint density at radius 2 is 2.17 bits per heavy atom. The number of hydrogen-bond donors (Lipinski definition) is 1. The highest BCUT2D eigenvalue weighted by molar-refractivity contribution is 5.04. The van der Waals surface area contributed by atoms with Crippen molar-refractivity contribution in [2.45, 2.75) is 33.1 Å². The van der Waals surface area contributed by atoms with Gasteiger partial charge in [-0.15, -0.1) is 6.58 Å². The lowest BCUT2D eigenvalue weighted by Gasteiger charge is -2.09. The van der Waals surface area contributed by atoms with Crippen LogP contribution in [-0.4, -0.2) is 11.7 Å². The third kappa shape index (κ3) is 4.35. The van der Waals surface area contributed by atoms with Crippen LogP contribution >= 0.6 is 0 Å². The molecule has 0 aliphatic carbocycles. The molecule has 0 saturated heterocycles. The largest absolute Gasteiger partial charge is 0.392 e. The van der Waals surface area contributed by atoms with Gasteiger partial charge in [0.2, 0.25) is 0 Å². The summed E-state index contributed by atoms with van der Waals surface area (Å²) < 4.78 is 0. The highest BCUT2D eigenvalue weighted by atomic mass is 16.3. The second-order valence-corrected chi connectivity index (χ2v) is 3.03. The molecule has 1 atom stereocenters. The van der Waals surface area contributed by atoms with Crippen LogP contribution in [0.25, 0.3) is 0 Å². The number of rotatable bonds is 6. The molecule has 1 heteroatoms. The zero-order chi connectivity index (χ0) is 9.40. The molecule has 1 N–H and O–H groups in total. The second-order valence-electron chi connectivity index (χ2n) is 3.03. The molecule has 0 heterocycles. The smallest absolute Gasteiger partial charge is 0.0641 e. The maximum Gasteiger partial charge on any atom is 0.0641 e. The van der Waals surface area contributed by atoms with Crippen LogP contribution in [0.5, 0.6) is 0 Å². The van der Waals surface area contributed by atoms with Crippen LogP contribution < -0.4 is 0 Å². The monoisotopic (exact) mass is 168 g/mol. The predicted octanol–water partition coefficient (Wildman–Crippen LogP) is 2.92. The lowest BCUT2D eigenvalue weighted by Crippen LogP contribution is -1.97. The van der Waals surface area contributed by atoms with Gasteiger partial charge in [0.05, 0.1) is 6.61 Å². The van der Waals surface area contributed by atoms with Gasteiger partial charge in [-0.05, 0) is 30.8 Å². The van der Waals surface area contributed by atoms with Crippen molar-refractivity contribution in [3.05, 3.63) is 24.3 Å². The van der Waals surface area contributed by atoms with Crippen LogP contribution in [0.3, 0.4) is 0 Å². The van der Waals surface area contributed by atoms with Gasteiger partial charge in [-0.1, -0.05) is 26.0 Å². The molecule has 0 spiro atoms. The molecule has 0 bridgehead atoms. The fourth-order valence-electron chi connectivity index (χ4n) is 1.18. The number of aliphatic hydroxyl groups is 1. The Hall–Kier alpha value is -0.560. The summed E-state index contributed by atoms with van der Waals surface area (Å²) >= 11 is 0. The van der Waals surface area contributed by atoms with Gasteiger partial charge < -0.3 is 5.11 Å². The van der Waals surface area contributed by atoms with Crippen molar-refractivity contribution >= 4 is 0 Å². The zero-order valence-corrected chi connectivity index (χ0v) is 8.21. The quantitative estimate of drug-likeness (QED) is 0.605. The van der Waals surface area contributed by atoms with Crippen molar-refractivity contribution in [3.8, 4) is 0 Å². The van der Waals surface area contributed by atoms with Crippen LogP contribution in [0.15, 0.2) is 24.3 Å². The Labute approximate surface area is 75.8 Å². The Morgan fingerprint density at radius 3 is 2.50 bits per heavy atom. The second kappa shape index (κ2) is 7.11. The predicted molar refractivity (Wildman–Crippen MR) is 54.1 cm³/mol. The van der Waals surface area contributed by atoms with E-state index < -0.39 is 0 Å². The molecule has 0 amide bonds. The SMILES string of the molecule is C=CCC(/C=C(\CC)CO)CC. The van der Waals surface area contributed by atoms with E-state index in [1.54, 1.807) is 0 Å². The van der Waals surface area contributed by atoms with Gasteiger partial charge in [0, 0.05) is 0 Å². The molecule has 0 radical (unpaired) electrons. The van der Waals surface area contributed by atoms with Crippen molar-refractivity contribution in [1.82, 2.24) is 0 Å². The van der Waals surface area contributed by atoms with Crippen molar-refractivity contribution in [2.75, 3.05) is 6.61 Å². The van der Waals surface area contributed by atoms with Gasteiger partial charge in [0.1, 0.15) is 0 Å². The van der Waals surface area contributed by atoms with Crippen molar-refractivity contribution in [1.29, 1.82) is 0 Å². The Bertz CT molecular complexity index is 141. The summed E-state index contributed by atoms with van der Waals surface area (Å²) in [4.78, 5) is 0. The Balaban J connectivity index is 4.10. The molecule has 1 unspecified atom stereocenters. The maximum absolute atomic E-state index is 8.94. The molecule has 70 valence electrons. The van der Waals surface area contributed by atoms with Gasteiger partial charge in [0.15, 0.2) is 0 Å². The summed E-state index contributed by atoms with van der Waals surface area (Å²) in [5.41, 5.74) is 1.14. The lowest BCUT2D eigenvalue weighted by molar-refractivity contribution is 0.326. The molecule has 0 aliphatic rings. The maximum atomic E-state index is 8.94. The standard InChI is InChI=1S/C11H20O/c1-4-7-10(5-2)8-11(6-3)9-12/h4,8,10,12H,1,5-7,9H2,2-3H3/b11-8+. The van der Waals surface area contributed by atoms with E-state index >= 15 is 0 Å². The summed E-state index contributed by atoms with van der Waals surface area (Å²) in [7, 11) is 0. The van der Waals surface area contributed by atoms with E-state index in [1.807, 2.05) is 6.08 Å². The molecule has 0 aromatic rings. The highest BCUT2D eigenvalue weighted by Gasteiger charge is 2.01. The first kappa shape index (κ1) is 11.4. The first-order valence-corrected chi connectivity index (χ1v) is 4.69. The van der Waals surface area contributed by atoms with E-state index in [9.17, 15) is 0 Å². The zero-order valence-electron chi connectivity index (χ0n) is 8.21. The third-order valence-corrected chi connectivity index (χ3v) is 2.12. The van der Waals surface area contributed by atoms with Crippen LogP contribution in [0.1, 0.15) is 33.1 Å². The van der Waals surface area contributed by atoms with E-state index in [1.165, 1.54) is 0 Å². The fraction of sp³-hybridized carbons (Fsp3) is 0.636. The van der Waals surface area contributed by atoms with Gasteiger partial charge in [-0.2, -0.15) is 0 Å². The molecule has 0 aliphatic heterocycles. The van der Waals surface area contributed by atoms with Crippen LogP contribution in [0, 0.1) is 5.92 Å². The first-order chi connectivity index (χ1) is 5.78. The minimum absolute atomic E-state index is 0.199. The van der Waals surface area contributed by atoms with E-state index in [-0.39, 0.29) is 6.61 Å². The Morgan fingerprint density at radius 1 is 1.50 bits per heavy atom. The normalized spacial score (nSPS) is 14.4. The average Bonchev–Trinajstić information content (AvgIpc) is 2.12. The van der Waals surface area contributed by atoms with E-state index in [4.69, 9.17) is 5.11 Å². The molecule has 0 fully saturated rings. The average molecular weight is 168 g/mol. The van der Waals surface area contributed by atoms with Gasteiger partial charge in [-0.25, -0.2) is 0 Å².